The van der Waals surface area contributed by atoms with Crippen LogP contribution in [0.4, 0.5) is 13.2 Å². The third-order valence-electron chi connectivity index (χ3n) is 2.56. The highest BCUT2D eigenvalue weighted by atomic mass is 35.5. The first-order valence-electron chi connectivity index (χ1n) is 5.05. The maximum Gasteiger partial charge on any atom is 0.433 e. The molecule has 0 fully saturated rings. The molecule has 2 rings (SSSR count). The molecule has 0 radical (unpaired) electrons. The lowest BCUT2D eigenvalue weighted by molar-refractivity contribution is -0.141. The van der Waals surface area contributed by atoms with Crippen molar-refractivity contribution in [2.45, 2.75) is 13.1 Å². The zero-order valence-corrected chi connectivity index (χ0v) is 10.4. The molecular weight excluding hydrogens is 267 g/mol. The van der Waals surface area contributed by atoms with Gasteiger partial charge in [-0.15, -0.1) is 0 Å². The Morgan fingerprint density at radius 2 is 1.89 bits per heavy atom. The fourth-order valence-electron chi connectivity index (χ4n) is 1.64. The lowest BCUT2D eigenvalue weighted by Gasteiger charge is -2.11. The zero-order valence-electron chi connectivity index (χ0n) is 9.60. The predicted molar refractivity (Wildman–Crippen MR) is 63.0 cm³/mol. The minimum absolute atomic E-state index is 0.132. The molecule has 1 heterocycles. The third-order valence-corrected chi connectivity index (χ3v) is 2.97. The Morgan fingerprint density at radius 3 is 2.44 bits per heavy atom. The number of pyridine rings is 1. The van der Waals surface area contributed by atoms with Gasteiger partial charge in [-0.25, -0.2) is 4.98 Å². The molecule has 18 heavy (non-hydrogen) atoms. The maximum atomic E-state index is 12.7. The summed E-state index contributed by atoms with van der Waals surface area (Å²) in [6, 6.07) is 3.95. The molecule has 0 unspecified atom stereocenters. The average Bonchev–Trinajstić information content (AvgIpc) is 2.28. The van der Waals surface area contributed by atoms with Crippen molar-refractivity contribution in [1.29, 1.82) is 0 Å². The number of fused-ring (bicyclic) bond motifs is 1. The molecule has 0 amide bonds. The van der Waals surface area contributed by atoms with Crippen LogP contribution in [0, 0.1) is 6.92 Å². The van der Waals surface area contributed by atoms with Crippen LogP contribution in [0.25, 0.3) is 10.9 Å². The van der Waals surface area contributed by atoms with Crippen LogP contribution in [-0.4, -0.2) is 12.1 Å². The van der Waals surface area contributed by atoms with Gasteiger partial charge in [-0.1, -0.05) is 11.6 Å². The summed E-state index contributed by atoms with van der Waals surface area (Å²) in [5.74, 6) is 0.132. The zero-order chi connectivity index (χ0) is 13.5. The summed E-state index contributed by atoms with van der Waals surface area (Å²) >= 11 is 5.89. The minimum Gasteiger partial charge on any atom is -0.496 e. The van der Waals surface area contributed by atoms with E-state index in [1.54, 1.807) is 13.0 Å². The summed E-state index contributed by atoms with van der Waals surface area (Å²) in [6.45, 7) is 1.76. The highest BCUT2D eigenvalue weighted by Crippen LogP contribution is 2.35. The third kappa shape index (κ3) is 2.22. The van der Waals surface area contributed by atoms with E-state index in [-0.39, 0.29) is 11.3 Å². The molecule has 0 bridgehead atoms. The Balaban J connectivity index is 2.80. The highest BCUT2D eigenvalue weighted by molar-refractivity contribution is 6.32. The first-order chi connectivity index (χ1) is 8.32. The van der Waals surface area contributed by atoms with Crippen LogP contribution in [0.3, 0.4) is 0 Å². The van der Waals surface area contributed by atoms with Crippen molar-refractivity contribution < 1.29 is 17.9 Å². The summed E-state index contributed by atoms with van der Waals surface area (Å²) < 4.78 is 43.0. The van der Waals surface area contributed by atoms with Crippen molar-refractivity contribution in [3.8, 4) is 5.75 Å². The topological polar surface area (TPSA) is 22.1 Å². The van der Waals surface area contributed by atoms with E-state index in [0.29, 0.717) is 10.4 Å². The number of aromatic nitrogens is 1. The molecule has 0 N–H and O–H groups in total. The molecule has 0 saturated heterocycles. The largest absolute Gasteiger partial charge is 0.496 e. The number of benzene rings is 1. The molecule has 0 saturated carbocycles. The maximum absolute atomic E-state index is 12.7. The first kappa shape index (κ1) is 13.0. The summed E-state index contributed by atoms with van der Waals surface area (Å²) in [5, 5.41) is 0.878. The molecule has 0 aliphatic carbocycles. The van der Waals surface area contributed by atoms with E-state index < -0.39 is 11.9 Å². The standard InChI is InChI=1S/C12H9ClF3NO/c1-6-3-7-9(4-8(6)13)17-11(12(14,15)16)5-10(7)18-2/h3-5H,1-2H3. The quantitative estimate of drug-likeness (QED) is 0.777. The second kappa shape index (κ2) is 4.31. The smallest absolute Gasteiger partial charge is 0.433 e. The van der Waals surface area contributed by atoms with Crippen molar-refractivity contribution in [3.05, 3.63) is 34.5 Å². The van der Waals surface area contributed by atoms with Crippen LogP contribution in [0.5, 0.6) is 5.75 Å². The van der Waals surface area contributed by atoms with Crippen LogP contribution < -0.4 is 4.74 Å². The number of aryl methyl sites for hydroxylation is 1. The van der Waals surface area contributed by atoms with E-state index >= 15 is 0 Å². The van der Waals surface area contributed by atoms with Gasteiger partial charge in [0.15, 0.2) is 0 Å². The van der Waals surface area contributed by atoms with E-state index in [1.807, 2.05) is 0 Å². The van der Waals surface area contributed by atoms with Crippen LogP contribution in [0.15, 0.2) is 18.2 Å². The van der Waals surface area contributed by atoms with Crippen molar-refractivity contribution >= 4 is 22.5 Å². The number of nitrogens with zero attached hydrogens (tertiary/aromatic N) is 1. The molecule has 2 aromatic rings. The van der Waals surface area contributed by atoms with E-state index in [1.165, 1.54) is 13.2 Å². The van der Waals surface area contributed by atoms with E-state index in [4.69, 9.17) is 16.3 Å². The summed E-state index contributed by atoms with van der Waals surface area (Å²) in [5.41, 5.74) is -0.0759. The van der Waals surface area contributed by atoms with Gasteiger partial charge in [-0.2, -0.15) is 13.2 Å². The monoisotopic (exact) mass is 275 g/mol. The number of methoxy groups -OCH3 is 1. The Bertz CT molecular complexity index is 610. The Labute approximate surface area is 106 Å². The lowest BCUT2D eigenvalue weighted by Crippen LogP contribution is -2.08. The van der Waals surface area contributed by atoms with Gasteiger partial charge < -0.3 is 4.74 Å². The normalized spacial score (nSPS) is 11.9. The number of hydrogen-bond acceptors (Lipinski definition) is 2. The Hall–Kier alpha value is -1.49. The van der Waals surface area contributed by atoms with Crippen LogP contribution >= 0.6 is 11.6 Å². The highest BCUT2D eigenvalue weighted by Gasteiger charge is 2.33. The average molecular weight is 276 g/mol. The van der Waals surface area contributed by atoms with Gasteiger partial charge in [0.1, 0.15) is 11.4 Å². The molecule has 1 aromatic carbocycles. The molecule has 0 atom stereocenters. The molecule has 6 heteroatoms. The molecular formula is C12H9ClF3NO. The summed E-state index contributed by atoms with van der Waals surface area (Å²) in [7, 11) is 1.32. The van der Waals surface area contributed by atoms with Crippen molar-refractivity contribution in [2.24, 2.45) is 0 Å². The van der Waals surface area contributed by atoms with E-state index in [9.17, 15) is 13.2 Å². The first-order valence-corrected chi connectivity index (χ1v) is 5.43. The summed E-state index contributed by atoms with van der Waals surface area (Å²) in [6.07, 6.45) is -4.52. The molecule has 1 aromatic heterocycles. The lowest BCUT2D eigenvalue weighted by atomic mass is 10.1. The van der Waals surface area contributed by atoms with Gasteiger partial charge >= 0.3 is 6.18 Å². The fraction of sp³-hybridized carbons (Fsp3) is 0.250. The van der Waals surface area contributed by atoms with E-state index in [2.05, 4.69) is 4.98 Å². The van der Waals surface area contributed by atoms with Crippen LogP contribution in [-0.2, 0) is 6.18 Å². The van der Waals surface area contributed by atoms with Gasteiger partial charge in [0, 0.05) is 16.5 Å². The predicted octanol–water partition coefficient (Wildman–Crippen LogP) is 4.22. The fourth-order valence-corrected chi connectivity index (χ4v) is 1.80. The van der Waals surface area contributed by atoms with Crippen molar-refractivity contribution in [2.75, 3.05) is 7.11 Å². The molecule has 2 nitrogen and oxygen atoms in total. The van der Waals surface area contributed by atoms with Crippen LogP contribution in [0.2, 0.25) is 5.02 Å². The van der Waals surface area contributed by atoms with E-state index in [0.717, 1.165) is 11.6 Å². The second-order valence-electron chi connectivity index (χ2n) is 3.83. The molecule has 96 valence electrons. The molecule has 0 aliphatic rings. The number of ether oxygens (including phenoxy) is 1. The van der Waals surface area contributed by atoms with Crippen molar-refractivity contribution in [3.63, 3.8) is 0 Å². The van der Waals surface area contributed by atoms with Gasteiger partial charge in [0.2, 0.25) is 0 Å². The minimum atomic E-state index is -4.52. The van der Waals surface area contributed by atoms with Gasteiger partial charge in [0.05, 0.1) is 12.6 Å². The van der Waals surface area contributed by atoms with Crippen molar-refractivity contribution in [1.82, 2.24) is 4.98 Å². The number of halogens is 4. The number of alkyl halides is 3. The van der Waals surface area contributed by atoms with Crippen LogP contribution in [0.1, 0.15) is 11.3 Å². The number of rotatable bonds is 1. The number of hydrogen-bond donors (Lipinski definition) is 0. The SMILES string of the molecule is COc1cc(C(F)(F)F)nc2cc(Cl)c(C)cc12. The summed E-state index contributed by atoms with van der Waals surface area (Å²) in [4.78, 5) is 3.57. The second-order valence-corrected chi connectivity index (χ2v) is 4.23. The van der Waals surface area contributed by atoms with Gasteiger partial charge in [-0.3, -0.25) is 0 Å². The van der Waals surface area contributed by atoms with Gasteiger partial charge in [-0.05, 0) is 24.6 Å². The Morgan fingerprint density at radius 1 is 1.22 bits per heavy atom. The molecule has 0 spiro atoms. The van der Waals surface area contributed by atoms with Gasteiger partial charge in [0.25, 0.3) is 0 Å². The Kier molecular flexibility index (Phi) is 3.11. The molecule has 0 aliphatic heterocycles.